The lowest BCUT2D eigenvalue weighted by atomic mass is 10.4. The summed E-state index contributed by atoms with van der Waals surface area (Å²) < 4.78 is 4.87. The van der Waals surface area contributed by atoms with Gasteiger partial charge in [-0.05, 0) is 6.92 Å². The smallest absolute Gasteiger partial charge is 0.330 e. The summed E-state index contributed by atoms with van der Waals surface area (Å²) in [6.45, 7) is 2.44. The van der Waals surface area contributed by atoms with E-state index in [1.807, 2.05) is 13.0 Å². The molecule has 0 unspecified atom stereocenters. The van der Waals surface area contributed by atoms with E-state index < -0.39 is 0 Å². The maximum Gasteiger partial charge on any atom is 0.330 e. The SMILES string of the molecule is C/C=C/C=C/C(=O)OCCSCCO. The van der Waals surface area contributed by atoms with E-state index >= 15 is 0 Å². The predicted octanol–water partition coefficient (Wildman–Crippen LogP) is 1.39. The highest BCUT2D eigenvalue weighted by molar-refractivity contribution is 7.99. The molecule has 0 radical (unpaired) electrons. The fraction of sp³-hybridized carbons (Fsp3) is 0.500. The average Bonchev–Trinajstić information content (AvgIpc) is 2.18. The lowest BCUT2D eigenvalue weighted by Gasteiger charge is -2.00. The molecule has 1 N–H and O–H groups in total. The summed E-state index contributed by atoms with van der Waals surface area (Å²) in [6, 6.07) is 0. The minimum absolute atomic E-state index is 0.166. The molecule has 0 aliphatic rings. The third-order valence-corrected chi connectivity index (χ3v) is 2.17. The number of ether oxygens (including phenoxy) is 1. The van der Waals surface area contributed by atoms with Crippen molar-refractivity contribution in [1.29, 1.82) is 0 Å². The number of hydrogen-bond acceptors (Lipinski definition) is 4. The van der Waals surface area contributed by atoms with Crippen LogP contribution in [0.1, 0.15) is 6.92 Å². The molecular weight excluding hydrogens is 200 g/mol. The second-order valence-corrected chi connectivity index (χ2v) is 3.61. The van der Waals surface area contributed by atoms with Crippen LogP contribution in [0.2, 0.25) is 0 Å². The molecule has 0 aromatic rings. The van der Waals surface area contributed by atoms with Crippen molar-refractivity contribution in [3.05, 3.63) is 24.3 Å². The van der Waals surface area contributed by atoms with Crippen molar-refractivity contribution >= 4 is 17.7 Å². The Hall–Kier alpha value is -0.740. The van der Waals surface area contributed by atoms with Crippen molar-refractivity contribution in [1.82, 2.24) is 0 Å². The molecule has 80 valence electrons. The van der Waals surface area contributed by atoms with Crippen LogP contribution < -0.4 is 0 Å². The van der Waals surface area contributed by atoms with E-state index in [1.54, 1.807) is 23.9 Å². The number of carbonyl (C=O) groups excluding carboxylic acids is 1. The Morgan fingerprint density at radius 2 is 2.21 bits per heavy atom. The van der Waals surface area contributed by atoms with Crippen LogP contribution in [0.4, 0.5) is 0 Å². The van der Waals surface area contributed by atoms with Crippen LogP contribution in [-0.2, 0) is 9.53 Å². The molecule has 0 atom stereocenters. The van der Waals surface area contributed by atoms with Gasteiger partial charge in [-0.2, -0.15) is 11.8 Å². The molecule has 0 rings (SSSR count). The molecule has 0 aromatic carbocycles. The molecule has 0 spiro atoms. The summed E-state index contributed by atoms with van der Waals surface area (Å²) in [7, 11) is 0. The molecule has 0 aromatic heterocycles. The molecule has 0 aliphatic carbocycles. The van der Waals surface area contributed by atoms with Gasteiger partial charge >= 0.3 is 5.97 Å². The van der Waals surface area contributed by atoms with Gasteiger partial charge in [0, 0.05) is 17.6 Å². The van der Waals surface area contributed by atoms with Crippen LogP contribution in [-0.4, -0.2) is 35.8 Å². The van der Waals surface area contributed by atoms with Gasteiger partial charge in [0.2, 0.25) is 0 Å². The molecule has 3 nitrogen and oxygen atoms in total. The molecule has 0 saturated heterocycles. The fourth-order valence-corrected chi connectivity index (χ4v) is 1.20. The lowest BCUT2D eigenvalue weighted by molar-refractivity contribution is -0.137. The summed E-state index contributed by atoms with van der Waals surface area (Å²) in [4.78, 5) is 10.9. The summed E-state index contributed by atoms with van der Waals surface area (Å²) in [5.41, 5.74) is 0. The zero-order valence-electron chi connectivity index (χ0n) is 8.31. The summed E-state index contributed by atoms with van der Waals surface area (Å²) in [5.74, 6) is 1.09. The van der Waals surface area contributed by atoms with Gasteiger partial charge < -0.3 is 9.84 Å². The molecule has 0 fully saturated rings. The molecule has 0 bridgehead atoms. The van der Waals surface area contributed by atoms with Crippen molar-refractivity contribution in [2.24, 2.45) is 0 Å². The molecule has 0 saturated carbocycles. The average molecular weight is 216 g/mol. The minimum Gasteiger partial charge on any atom is -0.462 e. The Labute approximate surface area is 88.8 Å². The van der Waals surface area contributed by atoms with Gasteiger partial charge in [-0.1, -0.05) is 18.2 Å². The van der Waals surface area contributed by atoms with Crippen molar-refractivity contribution in [2.45, 2.75) is 6.92 Å². The van der Waals surface area contributed by atoms with Gasteiger partial charge in [-0.3, -0.25) is 0 Å². The first-order valence-corrected chi connectivity index (χ1v) is 5.61. The van der Waals surface area contributed by atoms with Crippen molar-refractivity contribution < 1.29 is 14.6 Å². The number of thioether (sulfide) groups is 1. The Kier molecular flexibility index (Phi) is 9.79. The van der Waals surface area contributed by atoms with E-state index in [0.29, 0.717) is 12.4 Å². The summed E-state index contributed by atoms with van der Waals surface area (Å²) in [5, 5.41) is 8.47. The van der Waals surface area contributed by atoms with Crippen LogP contribution in [0.15, 0.2) is 24.3 Å². The van der Waals surface area contributed by atoms with Crippen LogP contribution in [0.3, 0.4) is 0 Å². The number of hydrogen-bond donors (Lipinski definition) is 1. The second kappa shape index (κ2) is 10.3. The Morgan fingerprint density at radius 1 is 1.43 bits per heavy atom. The van der Waals surface area contributed by atoms with Gasteiger partial charge in [-0.25, -0.2) is 4.79 Å². The van der Waals surface area contributed by atoms with E-state index in [1.165, 1.54) is 6.08 Å². The fourth-order valence-electron chi connectivity index (χ4n) is 0.661. The zero-order chi connectivity index (χ0) is 10.6. The van der Waals surface area contributed by atoms with Crippen molar-refractivity contribution in [3.8, 4) is 0 Å². The van der Waals surface area contributed by atoms with E-state index in [4.69, 9.17) is 9.84 Å². The van der Waals surface area contributed by atoms with Gasteiger partial charge in [0.1, 0.15) is 6.61 Å². The molecule has 14 heavy (non-hydrogen) atoms. The topological polar surface area (TPSA) is 46.5 Å². The quantitative estimate of drug-likeness (QED) is 0.302. The number of aliphatic hydroxyl groups excluding tert-OH is 1. The van der Waals surface area contributed by atoms with Gasteiger partial charge in [0.15, 0.2) is 0 Å². The maximum absolute atomic E-state index is 10.9. The first kappa shape index (κ1) is 13.3. The van der Waals surface area contributed by atoms with Crippen LogP contribution >= 0.6 is 11.8 Å². The van der Waals surface area contributed by atoms with Crippen LogP contribution in [0, 0.1) is 0 Å². The van der Waals surface area contributed by atoms with E-state index in [0.717, 1.165) is 5.75 Å². The predicted molar refractivity (Wildman–Crippen MR) is 59.3 cm³/mol. The zero-order valence-corrected chi connectivity index (χ0v) is 9.13. The number of rotatable bonds is 7. The minimum atomic E-state index is -0.326. The Bertz CT molecular complexity index is 200. The number of allylic oxidation sites excluding steroid dienone is 3. The first-order valence-electron chi connectivity index (χ1n) is 4.46. The maximum atomic E-state index is 10.9. The lowest BCUT2D eigenvalue weighted by Crippen LogP contribution is -2.04. The highest BCUT2D eigenvalue weighted by Gasteiger charge is 1.95. The second-order valence-electron chi connectivity index (χ2n) is 2.39. The normalized spacial score (nSPS) is 11.3. The molecule has 0 amide bonds. The highest BCUT2D eigenvalue weighted by atomic mass is 32.2. The van der Waals surface area contributed by atoms with E-state index in [-0.39, 0.29) is 12.6 Å². The Morgan fingerprint density at radius 3 is 2.86 bits per heavy atom. The van der Waals surface area contributed by atoms with Gasteiger partial charge in [0.05, 0.1) is 6.61 Å². The van der Waals surface area contributed by atoms with Crippen molar-refractivity contribution in [3.63, 3.8) is 0 Å². The van der Waals surface area contributed by atoms with Crippen LogP contribution in [0.5, 0.6) is 0 Å². The summed E-state index contributed by atoms with van der Waals surface area (Å²) in [6.07, 6.45) is 6.63. The van der Waals surface area contributed by atoms with Gasteiger partial charge in [0.25, 0.3) is 0 Å². The van der Waals surface area contributed by atoms with Gasteiger partial charge in [-0.15, -0.1) is 0 Å². The number of esters is 1. The largest absolute Gasteiger partial charge is 0.462 e. The van der Waals surface area contributed by atoms with E-state index in [2.05, 4.69) is 0 Å². The molecule has 0 aliphatic heterocycles. The molecule has 4 heteroatoms. The number of carbonyl (C=O) groups is 1. The standard InChI is InChI=1S/C10H16O3S/c1-2-3-4-5-10(12)13-7-9-14-8-6-11/h2-5,11H,6-9H2,1H3/b3-2+,5-4+. The van der Waals surface area contributed by atoms with Crippen LogP contribution in [0.25, 0.3) is 0 Å². The monoisotopic (exact) mass is 216 g/mol. The first-order chi connectivity index (χ1) is 6.81. The van der Waals surface area contributed by atoms with E-state index in [9.17, 15) is 4.79 Å². The highest BCUT2D eigenvalue weighted by Crippen LogP contribution is 1.97. The van der Waals surface area contributed by atoms with Crippen molar-refractivity contribution in [2.75, 3.05) is 24.7 Å². The molecular formula is C10H16O3S. The molecule has 0 heterocycles. The third kappa shape index (κ3) is 9.35. The third-order valence-electron chi connectivity index (χ3n) is 1.24. The Balaban J connectivity index is 3.35. The summed E-state index contributed by atoms with van der Waals surface area (Å²) >= 11 is 1.56. The number of aliphatic hydroxyl groups is 1.